The minimum Gasteiger partial charge on any atom is -0.389 e. The highest BCUT2D eigenvalue weighted by molar-refractivity contribution is 5.32. The van der Waals surface area contributed by atoms with Crippen LogP contribution < -0.4 is 5.32 Å². The molecule has 1 rings (SSSR count). The van der Waals surface area contributed by atoms with Crippen molar-refractivity contribution < 1.29 is 5.11 Å². The third-order valence-electron chi connectivity index (χ3n) is 2.38. The molecular formula is C13H18N2O. The van der Waals surface area contributed by atoms with Crippen LogP contribution in [-0.4, -0.2) is 17.3 Å². The second kappa shape index (κ2) is 5.11. The van der Waals surface area contributed by atoms with Crippen molar-refractivity contribution in [1.29, 1.82) is 5.26 Å². The molecule has 0 aliphatic carbocycles. The summed E-state index contributed by atoms with van der Waals surface area (Å²) in [7, 11) is 0. The summed E-state index contributed by atoms with van der Waals surface area (Å²) in [6.07, 6.45) is 0. The molecule has 86 valence electrons. The molecule has 0 aromatic heterocycles. The van der Waals surface area contributed by atoms with Crippen LogP contribution in [0, 0.1) is 11.3 Å². The quantitative estimate of drug-likeness (QED) is 0.812. The Morgan fingerprint density at radius 1 is 1.38 bits per heavy atom. The molecule has 1 aromatic rings. The third-order valence-corrected chi connectivity index (χ3v) is 2.38. The molecule has 3 heteroatoms. The van der Waals surface area contributed by atoms with Crippen molar-refractivity contribution in [2.45, 2.75) is 32.4 Å². The van der Waals surface area contributed by atoms with E-state index in [4.69, 9.17) is 5.26 Å². The van der Waals surface area contributed by atoms with Crippen LogP contribution in [0.2, 0.25) is 0 Å². The largest absolute Gasteiger partial charge is 0.389 e. The van der Waals surface area contributed by atoms with Crippen molar-refractivity contribution in [3.05, 3.63) is 35.4 Å². The van der Waals surface area contributed by atoms with E-state index in [9.17, 15) is 5.11 Å². The minimum atomic E-state index is -0.707. The van der Waals surface area contributed by atoms with Crippen LogP contribution in [0.5, 0.6) is 0 Å². The zero-order chi connectivity index (χ0) is 12.2. The van der Waals surface area contributed by atoms with Gasteiger partial charge in [0.2, 0.25) is 0 Å². The van der Waals surface area contributed by atoms with E-state index in [0.29, 0.717) is 12.1 Å². The molecule has 2 N–H and O–H groups in total. The summed E-state index contributed by atoms with van der Waals surface area (Å²) in [5.74, 6) is 0. The fourth-order valence-electron chi connectivity index (χ4n) is 1.37. The van der Waals surface area contributed by atoms with Gasteiger partial charge in [0, 0.05) is 12.6 Å². The molecule has 0 saturated carbocycles. The maximum Gasteiger partial charge on any atom is 0.0991 e. The molecular weight excluding hydrogens is 200 g/mol. The fourth-order valence-corrected chi connectivity index (χ4v) is 1.37. The van der Waals surface area contributed by atoms with E-state index in [1.807, 2.05) is 19.1 Å². The van der Waals surface area contributed by atoms with Gasteiger partial charge < -0.3 is 10.4 Å². The molecule has 0 spiro atoms. The second-order valence-corrected chi connectivity index (χ2v) is 4.65. The van der Waals surface area contributed by atoms with Crippen LogP contribution in [-0.2, 0) is 0 Å². The lowest BCUT2D eigenvalue weighted by atomic mass is 10.0. The number of nitrogens with one attached hydrogen (secondary N) is 1. The highest BCUT2D eigenvalue weighted by atomic mass is 16.3. The Labute approximate surface area is 96.7 Å². The van der Waals surface area contributed by atoms with E-state index in [2.05, 4.69) is 11.4 Å². The van der Waals surface area contributed by atoms with Crippen LogP contribution >= 0.6 is 0 Å². The molecule has 16 heavy (non-hydrogen) atoms. The number of benzene rings is 1. The Bertz CT molecular complexity index is 370. The molecule has 1 aromatic carbocycles. The van der Waals surface area contributed by atoms with E-state index >= 15 is 0 Å². The van der Waals surface area contributed by atoms with Crippen molar-refractivity contribution in [3.63, 3.8) is 0 Å². The molecule has 0 heterocycles. The van der Waals surface area contributed by atoms with Crippen molar-refractivity contribution >= 4 is 0 Å². The van der Waals surface area contributed by atoms with Gasteiger partial charge in [-0.3, -0.25) is 0 Å². The molecule has 1 atom stereocenters. The van der Waals surface area contributed by atoms with Crippen LogP contribution in [0.15, 0.2) is 24.3 Å². The molecule has 3 nitrogen and oxygen atoms in total. The molecule has 0 amide bonds. The number of hydrogen-bond acceptors (Lipinski definition) is 3. The SMILES string of the molecule is CC(NCC(C)(C)O)c1ccc(C#N)cc1. The van der Waals surface area contributed by atoms with E-state index < -0.39 is 5.60 Å². The average Bonchev–Trinajstić information content (AvgIpc) is 2.25. The van der Waals surface area contributed by atoms with Crippen LogP contribution in [0.1, 0.15) is 37.9 Å². The second-order valence-electron chi connectivity index (χ2n) is 4.65. The summed E-state index contributed by atoms with van der Waals surface area (Å²) < 4.78 is 0. The van der Waals surface area contributed by atoms with Crippen molar-refractivity contribution in [3.8, 4) is 6.07 Å². The van der Waals surface area contributed by atoms with E-state index in [1.54, 1.807) is 26.0 Å². The van der Waals surface area contributed by atoms with Crippen LogP contribution in [0.3, 0.4) is 0 Å². The molecule has 0 saturated heterocycles. The standard InChI is InChI=1S/C13H18N2O/c1-10(15-9-13(2,3)16)12-6-4-11(8-14)5-7-12/h4-7,10,15-16H,9H2,1-3H3. The maximum atomic E-state index is 9.59. The zero-order valence-electron chi connectivity index (χ0n) is 9.99. The van der Waals surface area contributed by atoms with Crippen molar-refractivity contribution in [1.82, 2.24) is 5.32 Å². The summed E-state index contributed by atoms with van der Waals surface area (Å²) in [6, 6.07) is 9.72. The molecule has 0 bridgehead atoms. The number of aliphatic hydroxyl groups is 1. The van der Waals surface area contributed by atoms with Crippen LogP contribution in [0.25, 0.3) is 0 Å². The first-order chi connectivity index (χ1) is 7.42. The first-order valence-corrected chi connectivity index (χ1v) is 5.38. The van der Waals surface area contributed by atoms with Gasteiger partial charge in [-0.25, -0.2) is 0 Å². The Hall–Kier alpha value is -1.37. The van der Waals surface area contributed by atoms with Gasteiger partial charge in [-0.15, -0.1) is 0 Å². The number of nitriles is 1. The predicted octanol–water partition coefficient (Wildman–Crippen LogP) is 1.98. The summed E-state index contributed by atoms with van der Waals surface area (Å²) >= 11 is 0. The predicted molar refractivity (Wildman–Crippen MR) is 63.9 cm³/mol. The topological polar surface area (TPSA) is 56.0 Å². The fraction of sp³-hybridized carbons (Fsp3) is 0.462. The number of rotatable bonds is 4. The molecule has 0 aliphatic heterocycles. The van der Waals surface area contributed by atoms with Gasteiger partial charge in [-0.05, 0) is 38.5 Å². The van der Waals surface area contributed by atoms with Gasteiger partial charge in [-0.2, -0.15) is 5.26 Å². The summed E-state index contributed by atoms with van der Waals surface area (Å²) in [6.45, 7) is 6.11. The Morgan fingerprint density at radius 3 is 2.38 bits per heavy atom. The van der Waals surface area contributed by atoms with Gasteiger partial charge in [0.1, 0.15) is 0 Å². The lowest BCUT2D eigenvalue weighted by Gasteiger charge is -2.22. The normalized spacial score (nSPS) is 13.2. The lowest BCUT2D eigenvalue weighted by Crippen LogP contribution is -2.36. The number of hydrogen-bond donors (Lipinski definition) is 2. The highest BCUT2D eigenvalue weighted by Crippen LogP contribution is 2.13. The highest BCUT2D eigenvalue weighted by Gasteiger charge is 2.14. The Balaban J connectivity index is 2.60. The lowest BCUT2D eigenvalue weighted by molar-refractivity contribution is 0.0770. The van der Waals surface area contributed by atoms with E-state index in [1.165, 1.54) is 0 Å². The van der Waals surface area contributed by atoms with Gasteiger partial charge in [0.15, 0.2) is 0 Å². The van der Waals surface area contributed by atoms with Crippen molar-refractivity contribution in [2.24, 2.45) is 0 Å². The molecule has 0 aliphatic rings. The van der Waals surface area contributed by atoms with Crippen molar-refractivity contribution in [2.75, 3.05) is 6.54 Å². The maximum absolute atomic E-state index is 9.59. The van der Waals surface area contributed by atoms with Gasteiger partial charge in [0.25, 0.3) is 0 Å². The van der Waals surface area contributed by atoms with E-state index in [-0.39, 0.29) is 6.04 Å². The van der Waals surface area contributed by atoms with Gasteiger partial charge >= 0.3 is 0 Å². The first-order valence-electron chi connectivity index (χ1n) is 5.38. The summed E-state index contributed by atoms with van der Waals surface area (Å²) in [4.78, 5) is 0. The van der Waals surface area contributed by atoms with Gasteiger partial charge in [0.05, 0.1) is 17.2 Å². The monoisotopic (exact) mass is 218 g/mol. The minimum absolute atomic E-state index is 0.166. The zero-order valence-corrected chi connectivity index (χ0v) is 9.99. The molecule has 0 radical (unpaired) electrons. The molecule has 1 unspecified atom stereocenters. The van der Waals surface area contributed by atoms with Gasteiger partial charge in [-0.1, -0.05) is 12.1 Å². The number of nitrogens with zero attached hydrogens (tertiary/aromatic N) is 1. The summed E-state index contributed by atoms with van der Waals surface area (Å²) in [5.41, 5.74) is 1.07. The average molecular weight is 218 g/mol. The Morgan fingerprint density at radius 2 is 1.94 bits per heavy atom. The summed E-state index contributed by atoms with van der Waals surface area (Å²) in [5, 5.41) is 21.5. The molecule has 0 fully saturated rings. The smallest absolute Gasteiger partial charge is 0.0991 e. The third kappa shape index (κ3) is 4.01. The first kappa shape index (κ1) is 12.7. The van der Waals surface area contributed by atoms with Crippen LogP contribution in [0.4, 0.5) is 0 Å². The Kier molecular flexibility index (Phi) is 4.05. The van der Waals surface area contributed by atoms with E-state index in [0.717, 1.165) is 5.56 Å².